The number of nitrogens with two attached hydrogens (primary N) is 1. The summed E-state index contributed by atoms with van der Waals surface area (Å²) in [6, 6.07) is 0. The van der Waals surface area contributed by atoms with Gasteiger partial charge in [0, 0.05) is 6.54 Å². The van der Waals surface area contributed by atoms with E-state index < -0.39 is 0 Å². The van der Waals surface area contributed by atoms with Gasteiger partial charge in [-0.05, 0) is 18.8 Å². The molecule has 1 aliphatic rings. The fourth-order valence-corrected chi connectivity index (χ4v) is 2.10. The van der Waals surface area contributed by atoms with Crippen molar-refractivity contribution >= 4 is 17.4 Å². The Bertz CT molecular complexity index is 172. The standard InChI is InChI=1S/C11H21ClN2/c12-8-11(13)14-9-10-6-4-2-1-3-5-7-10/h10H,1-9H2,(H2,13,14). The SMILES string of the molecule is NC(CCl)=NCC1CCCCCCC1. The van der Waals surface area contributed by atoms with E-state index in [-0.39, 0.29) is 0 Å². The van der Waals surface area contributed by atoms with E-state index in [1.165, 1.54) is 44.9 Å². The minimum atomic E-state index is 0.368. The van der Waals surface area contributed by atoms with Crippen molar-refractivity contribution in [1.82, 2.24) is 0 Å². The second kappa shape index (κ2) is 7.10. The zero-order chi connectivity index (χ0) is 10.2. The molecule has 82 valence electrons. The van der Waals surface area contributed by atoms with Crippen LogP contribution < -0.4 is 5.73 Å². The third-order valence-electron chi connectivity index (χ3n) is 2.91. The third-order valence-corrected chi connectivity index (χ3v) is 3.19. The van der Waals surface area contributed by atoms with E-state index >= 15 is 0 Å². The number of aliphatic imine (C=N–C) groups is 1. The number of halogens is 1. The molecule has 0 amide bonds. The number of amidine groups is 1. The lowest BCUT2D eigenvalue weighted by Gasteiger charge is -2.17. The molecule has 2 N–H and O–H groups in total. The van der Waals surface area contributed by atoms with Crippen molar-refractivity contribution in [2.24, 2.45) is 16.6 Å². The lowest BCUT2D eigenvalue weighted by atomic mass is 9.91. The van der Waals surface area contributed by atoms with Crippen molar-refractivity contribution in [2.45, 2.75) is 44.9 Å². The molecule has 0 spiro atoms. The van der Waals surface area contributed by atoms with Gasteiger partial charge in [-0.15, -0.1) is 11.6 Å². The van der Waals surface area contributed by atoms with Crippen LogP contribution in [0.25, 0.3) is 0 Å². The van der Waals surface area contributed by atoms with Gasteiger partial charge in [-0.1, -0.05) is 32.1 Å². The maximum Gasteiger partial charge on any atom is 0.109 e. The van der Waals surface area contributed by atoms with E-state index in [2.05, 4.69) is 4.99 Å². The first kappa shape index (κ1) is 11.8. The van der Waals surface area contributed by atoms with E-state index in [4.69, 9.17) is 17.3 Å². The van der Waals surface area contributed by atoms with Crippen molar-refractivity contribution in [3.05, 3.63) is 0 Å². The van der Waals surface area contributed by atoms with Crippen LogP contribution in [0.15, 0.2) is 4.99 Å². The molecular formula is C11H21ClN2. The molecule has 0 aromatic heterocycles. The molecule has 0 bridgehead atoms. The zero-order valence-corrected chi connectivity index (χ0v) is 9.60. The van der Waals surface area contributed by atoms with Crippen LogP contribution in [-0.4, -0.2) is 18.3 Å². The zero-order valence-electron chi connectivity index (χ0n) is 8.84. The van der Waals surface area contributed by atoms with Gasteiger partial charge in [0.05, 0.1) is 5.88 Å². The molecule has 1 saturated carbocycles. The summed E-state index contributed by atoms with van der Waals surface area (Å²) in [5.74, 6) is 1.71. The predicted molar refractivity (Wildman–Crippen MR) is 63.0 cm³/mol. The second-order valence-electron chi connectivity index (χ2n) is 4.18. The van der Waals surface area contributed by atoms with Crippen LogP contribution in [0, 0.1) is 5.92 Å². The van der Waals surface area contributed by atoms with Crippen LogP contribution in [0.2, 0.25) is 0 Å². The molecule has 0 radical (unpaired) electrons. The molecule has 0 aromatic carbocycles. The van der Waals surface area contributed by atoms with Crippen molar-refractivity contribution in [2.75, 3.05) is 12.4 Å². The summed E-state index contributed by atoms with van der Waals surface area (Å²) in [6.45, 7) is 0.887. The molecular weight excluding hydrogens is 196 g/mol. The summed E-state index contributed by atoms with van der Waals surface area (Å²) >= 11 is 5.57. The summed E-state index contributed by atoms with van der Waals surface area (Å²) in [5.41, 5.74) is 5.58. The molecule has 0 atom stereocenters. The summed E-state index contributed by atoms with van der Waals surface area (Å²) < 4.78 is 0. The largest absolute Gasteiger partial charge is 0.386 e. The van der Waals surface area contributed by atoms with Crippen LogP contribution in [0.4, 0.5) is 0 Å². The van der Waals surface area contributed by atoms with E-state index in [9.17, 15) is 0 Å². The first-order valence-electron chi connectivity index (χ1n) is 5.67. The highest BCUT2D eigenvalue weighted by molar-refractivity contribution is 6.27. The third kappa shape index (κ3) is 4.85. The molecule has 1 rings (SSSR count). The van der Waals surface area contributed by atoms with Gasteiger partial charge in [-0.2, -0.15) is 0 Å². The fraction of sp³-hybridized carbons (Fsp3) is 0.909. The molecule has 1 aliphatic carbocycles. The van der Waals surface area contributed by atoms with Gasteiger partial charge >= 0.3 is 0 Å². The van der Waals surface area contributed by atoms with Gasteiger partial charge in [0.1, 0.15) is 5.84 Å². The molecule has 1 fully saturated rings. The van der Waals surface area contributed by atoms with Crippen molar-refractivity contribution < 1.29 is 0 Å². The summed E-state index contributed by atoms with van der Waals surface area (Å²) in [5, 5.41) is 0. The first-order chi connectivity index (χ1) is 6.83. The normalized spacial score (nSPS) is 21.6. The smallest absolute Gasteiger partial charge is 0.109 e. The van der Waals surface area contributed by atoms with Crippen molar-refractivity contribution in [1.29, 1.82) is 0 Å². The van der Waals surface area contributed by atoms with E-state index in [0.29, 0.717) is 11.7 Å². The van der Waals surface area contributed by atoms with Gasteiger partial charge in [0.2, 0.25) is 0 Å². The fourth-order valence-electron chi connectivity index (χ4n) is 2.01. The molecule has 0 heterocycles. The Morgan fingerprint density at radius 1 is 1.14 bits per heavy atom. The Kier molecular flexibility index (Phi) is 6.00. The average Bonchev–Trinajstić information content (AvgIpc) is 2.15. The van der Waals surface area contributed by atoms with Crippen molar-refractivity contribution in [3.63, 3.8) is 0 Å². The van der Waals surface area contributed by atoms with Gasteiger partial charge in [0.25, 0.3) is 0 Å². The van der Waals surface area contributed by atoms with Gasteiger partial charge in [-0.25, -0.2) is 0 Å². The highest BCUT2D eigenvalue weighted by Crippen LogP contribution is 2.22. The average molecular weight is 217 g/mol. The van der Waals surface area contributed by atoms with E-state index in [0.717, 1.165) is 12.5 Å². The monoisotopic (exact) mass is 216 g/mol. The van der Waals surface area contributed by atoms with E-state index in [1.807, 2.05) is 0 Å². The van der Waals surface area contributed by atoms with Crippen LogP contribution in [0.1, 0.15) is 44.9 Å². The Labute approximate surface area is 91.9 Å². The Balaban J connectivity index is 2.26. The van der Waals surface area contributed by atoms with Crippen LogP contribution >= 0.6 is 11.6 Å². The summed E-state index contributed by atoms with van der Waals surface area (Å²) in [6.07, 6.45) is 9.57. The molecule has 14 heavy (non-hydrogen) atoms. The molecule has 2 nitrogen and oxygen atoms in total. The second-order valence-corrected chi connectivity index (χ2v) is 4.44. The first-order valence-corrected chi connectivity index (χ1v) is 6.21. The number of hydrogen-bond donors (Lipinski definition) is 1. The number of rotatable bonds is 3. The van der Waals surface area contributed by atoms with Crippen LogP contribution in [-0.2, 0) is 0 Å². The van der Waals surface area contributed by atoms with Gasteiger partial charge < -0.3 is 5.73 Å². The van der Waals surface area contributed by atoms with E-state index in [1.54, 1.807) is 0 Å². The minimum Gasteiger partial charge on any atom is -0.386 e. The van der Waals surface area contributed by atoms with Crippen LogP contribution in [0.5, 0.6) is 0 Å². The predicted octanol–water partition coefficient (Wildman–Crippen LogP) is 2.94. The Morgan fingerprint density at radius 2 is 1.71 bits per heavy atom. The molecule has 0 unspecified atom stereocenters. The molecule has 0 saturated heterocycles. The molecule has 0 aliphatic heterocycles. The van der Waals surface area contributed by atoms with Crippen LogP contribution in [0.3, 0.4) is 0 Å². The Hall–Kier alpha value is -0.240. The number of hydrogen-bond acceptors (Lipinski definition) is 1. The topological polar surface area (TPSA) is 38.4 Å². The highest BCUT2D eigenvalue weighted by Gasteiger charge is 2.10. The number of alkyl halides is 1. The van der Waals surface area contributed by atoms with Crippen molar-refractivity contribution in [3.8, 4) is 0 Å². The minimum absolute atomic E-state index is 0.368. The summed E-state index contributed by atoms with van der Waals surface area (Å²) in [4.78, 5) is 4.30. The van der Waals surface area contributed by atoms with Gasteiger partial charge in [0.15, 0.2) is 0 Å². The highest BCUT2D eigenvalue weighted by atomic mass is 35.5. The Morgan fingerprint density at radius 3 is 2.29 bits per heavy atom. The lowest BCUT2D eigenvalue weighted by Crippen LogP contribution is -2.16. The molecule has 0 aromatic rings. The summed E-state index contributed by atoms with van der Waals surface area (Å²) in [7, 11) is 0. The van der Waals surface area contributed by atoms with Gasteiger partial charge in [-0.3, -0.25) is 4.99 Å². The number of nitrogens with zero attached hydrogens (tertiary/aromatic N) is 1. The quantitative estimate of drug-likeness (QED) is 0.440. The maximum absolute atomic E-state index is 5.58. The lowest BCUT2D eigenvalue weighted by molar-refractivity contribution is 0.386. The molecule has 3 heteroatoms. The maximum atomic E-state index is 5.58.